The molecule has 3 aliphatic rings. The van der Waals surface area contributed by atoms with E-state index in [4.69, 9.17) is 0 Å². The molecule has 0 saturated heterocycles. The van der Waals surface area contributed by atoms with Gasteiger partial charge in [-0.3, -0.25) is 0 Å². The van der Waals surface area contributed by atoms with Crippen molar-refractivity contribution in [3.63, 3.8) is 0 Å². The number of hydrogen-bond acceptors (Lipinski definition) is 1. The third kappa shape index (κ3) is 5.82. The van der Waals surface area contributed by atoms with E-state index >= 15 is 0 Å². The number of benzene rings is 8. The normalized spacial score (nSPS) is 16.6. The van der Waals surface area contributed by atoms with Gasteiger partial charge >= 0.3 is 0 Å². The predicted molar refractivity (Wildman–Crippen MR) is 271 cm³/mol. The fourth-order valence-corrected chi connectivity index (χ4v) is 12.2. The molecule has 1 heteroatoms. The van der Waals surface area contributed by atoms with Crippen molar-refractivity contribution in [3.8, 4) is 33.4 Å². The minimum absolute atomic E-state index is 0.0297. The molecule has 64 heavy (non-hydrogen) atoms. The molecular formula is C63H59N. The van der Waals surface area contributed by atoms with Gasteiger partial charge in [-0.1, -0.05) is 201 Å². The van der Waals surface area contributed by atoms with Crippen molar-refractivity contribution in [1.29, 1.82) is 0 Å². The second kappa shape index (κ2) is 14.5. The van der Waals surface area contributed by atoms with Gasteiger partial charge in [0.2, 0.25) is 0 Å². The average molecular weight is 830 g/mol. The summed E-state index contributed by atoms with van der Waals surface area (Å²) < 4.78 is 0. The predicted octanol–water partition coefficient (Wildman–Crippen LogP) is 17.0. The van der Waals surface area contributed by atoms with E-state index < -0.39 is 5.41 Å². The molecule has 0 saturated carbocycles. The molecule has 0 aliphatic heterocycles. The lowest BCUT2D eigenvalue weighted by Crippen LogP contribution is -2.35. The van der Waals surface area contributed by atoms with Gasteiger partial charge in [0.05, 0.1) is 11.1 Å². The molecule has 0 heterocycles. The van der Waals surface area contributed by atoms with Crippen LogP contribution in [0.25, 0.3) is 33.4 Å². The Morgan fingerprint density at radius 1 is 0.406 bits per heavy atom. The van der Waals surface area contributed by atoms with Gasteiger partial charge < -0.3 is 4.90 Å². The molecule has 0 aromatic heterocycles. The molecule has 0 bridgehead atoms. The molecule has 0 spiro atoms. The van der Waals surface area contributed by atoms with E-state index in [0.717, 1.165) is 18.5 Å². The fraction of sp³-hybridized carbons (Fsp3) is 0.238. The lowest BCUT2D eigenvalue weighted by Gasteiger charge is -2.44. The first kappa shape index (κ1) is 40.3. The molecule has 0 radical (unpaired) electrons. The van der Waals surface area contributed by atoms with Crippen LogP contribution in [0.5, 0.6) is 0 Å². The Hall–Kier alpha value is -6.44. The quantitative estimate of drug-likeness (QED) is 0.155. The van der Waals surface area contributed by atoms with Crippen molar-refractivity contribution >= 4 is 17.1 Å². The summed E-state index contributed by atoms with van der Waals surface area (Å²) in [7, 11) is 0. The van der Waals surface area contributed by atoms with Crippen LogP contribution in [0.4, 0.5) is 17.1 Å². The van der Waals surface area contributed by atoms with Crippen LogP contribution in [-0.2, 0) is 21.7 Å². The Bertz CT molecular complexity index is 3050. The van der Waals surface area contributed by atoms with E-state index in [2.05, 4.69) is 242 Å². The summed E-state index contributed by atoms with van der Waals surface area (Å²) in [6, 6.07) is 69.4. The topological polar surface area (TPSA) is 3.24 Å². The monoisotopic (exact) mass is 829 g/mol. The van der Waals surface area contributed by atoms with E-state index in [1.807, 2.05) is 0 Å². The van der Waals surface area contributed by atoms with Crippen LogP contribution in [0.2, 0.25) is 0 Å². The second-order valence-electron chi connectivity index (χ2n) is 20.9. The molecule has 8 aromatic carbocycles. The van der Waals surface area contributed by atoms with Gasteiger partial charge in [0.1, 0.15) is 0 Å². The van der Waals surface area contributed by atoms with Gasteiger partial charge in [-0.15, -0.1) is 0 Å². The van der Waals surface area contributed by atoms with Gasteiger partial charge in [0, 0.05) is 22.4 Å². The third-order valence-corrected chi connectivity index (χ3v) is 15.6. The first-order chi connectivity index (χ1) is 30.8. The van der Waals surface area contributed by atoms with Gasteiger partial charge in [-0.05, 0) is 144 Å². The Balaban J connectivity index is 1.32. The van der Waals surface area contributed by atoms with Gasteiger partial charge in [-0.25, -0.2) is 0 Å². The minimum atomic E-state index is -0.552. The van der Waals surface area contributed by atoms with Crippen molar-refractivity contribution in [2.75, 3.05) is 4.90 Å². The number of nitrogens with zero attached hydrogens (tertiary/aromatic N) is 1. The highest BCUT2D eigenvalue weighted by Crippen LogP contribution is 2.61. The zero-order valence-electron chi connectivity index (χ0n) is 38.8. The largest absolute Gasteiger partial charge is 0.310 e. The summed E-state index contributed by atoms with van der Waals surface area (Å²) in [6.07, 6.45) is 2.30. The fourth-order valence-electron chi connectivity index (χ4n) is 12.2. The van der Waals surface area contributed by atoms with Gasteiger partial charge in [0.15, 0.2) is 0 Å². The average Bonchev–Trinajstić information content (AvgIpc) is 3.73. The van der Waals surface area contributed by atoms with Gasteiger partial charge in [-0.2, -0.15) is 0 Å². The van der Waals surface area contributed by atoms with E-state index in [9.17, 15) is 0 Å². The van der Waals surface area contributed by atoms with Gasteiger partial charge in [0.25, 0.3) is 0 Å². The Morgan fingerprint density at radius 3 is 1.59 bits per heavy atom. The van der Waals surface area contributed by atoms with E-state index in [-0.39, 0.29) is 16.2 Å². The lowest BCUT2D eigenvalue weighted by molar-refractivity contribution is 0.332. The SMILES string of the molecule is CC(C)c1ccc2c(c1-c1cc3c(cc1N(c1ccccc1)c1ccc4c(c1)C(C)(C)c1ccccc1-4)C(c1ccccc1)(c1ccccc1)c1ccccc1-3)C(C)(C)CCC2(C)C. The molecule has 0 amide bonds. The van der Waals surface area contributed by atoms with Crippen molar-refractivity contribution in [3.05, 3.63) is 232 Å². The molecule has 3 aliphatic carbocycles. The van der Waals surface area contributed by atoms with Crippen LogP contribution < -0.4 is 4.90 Å². The van der Waals surface area contributed by atoms with E-state index in [0.29, 0.717) is 5.92 Å². The maximum absolute atomic E-state index is 2.62. The summed E-state index contributed by atoms with van der Waals surface area (Å²) in [5, 5.41) is 0. The van der Waals surface area contributed by atoms with Crippen molar-refractivity contribution in [1.82, 2.24) is 0 Å². The Morgan fingerprint density at radius 2 is 0.953 bits per heavy atom. The highest BCUT2D eigenvalue weighted by molar-refractivity contribution is 5.99. The molecule has 0 N–H and O–H groups in total. The molecule has 1 nitrogen and oxygen atoms in total. The van der Waals surface area contributed by atoms with Crippen molar-refractivity contribution < 1.29 is 0 Å². The molecule has 0 atom stereocenters. The van der Waals surface area contributed by atoms with E-state index in [1.54, 1.807) is 0 Å². The molecule has 0 unspecified atom stereocenters. The molecule has 0 fully saturated rings. The van der Waals surface area contributed by atoms with Crippen molar-refractivity contribution in [2.45, 2.75) is 95.8 Å². The molecular weight excluding hydrogens is 771 g/mol. The third-order valence-electron chi connectivity index (χ3n) is 15.6. The highest BCUT2D eigenvalue weighted by Gasteiger charge is 2.48. The van der Waals surface area contributed by atoms with Crippen LogP contribution in [0.3, 0.4) is 0 Å². The smallest absolute Gasteiger partial charge is 0.0714 e. The minimum Gasteiger partial charge on any atom is -0.310 e. The number of rotatable bonds is 7. The second-order valence-corrected chi connectivity index (χ2v) is 20.9. The summed E-state index contributed by atoms with van der Waals surface area (Å²) >= 11 is 0. The molecule has 8 aromatic rings. The zero-order valence-corrected chi connectivity index (χ0v) is 38.8. The van der Waals surface area contributed by atoms with Crippen LogP contribution in [0.1, 0.15) is 124 Å². The highest BCUT2D eigenvalue weighted by atomic mass is 15.1. The lowest BCUT2D eigenvalue weighted by atomic mass is 9.60. The Kier molecular flexibility index (Phi) is 9.17. The maximum Gasteiger partial charge on any atom is 0.0714 e. The standard InChI is InChI=1S/C63H59N/c1-41(2)46-34-35-54-59(61(5,6)37-36-60(54,3)4)58(46)51-39-50-48-29-19-21-31-53(48)63(42-22-12-9-13-23-42,43-24-14-10-15-25-43)56(50)40-57(51)64(44-26-16-11-17-27-44)45-32-33-49-47-28-18-20-30-52(47)62(7,8)55(49)38-45/h9-35,38-41H,36-37H2,1-8H3. The first-order valence-corrected chi connectivity index (χ1v) is 23.5. The van der Waals surface area contributed by atoms with Crippen molar-refractivity contribution in [2.24, 2.45) is 0 Å². The summed E-state index contributed by atoms with van der Waals surface area (Å²) in [5.41, 5.74) is 23.2. The number of fused-ring (bicyclic) bond motifs is 7. The summed E-state index contributed by atoms with van der Waals surface area (Å²) in [5.74, 6) is 0.312. The maximum atomic E-state index is 2.62. The molecule has 11 rings (SSSR count). The first-order valence-electron chi connectivity index (χ1n) is 23.5. The zero-order chi connectivity index (χ0) is 44.2. The summed E-state index contributed by atoms with van der Waals surface area (Å²) in [4.78, 5) is 2.60. The number of para-hydroxylation sites is 1. The molecule has 316 valence electrons. The van der Waals surface area contributed by atoms with Crippen LogP contribution in [-0.4, -0.2) is 0 Å². The van der Waals surface area contributed by atoms with Crippen LogP contribution in [0, 0.1) is 0 Å². The summed E-state index contributed by atoms with van der Waals surface area (Å²) in [6.45, 7) is 19.5. The number of hydrogen-bond donors (Lipinski definition) is 0. The Labute approximate surface area is 381 Å². The number of anilines is 3. The van der Waals surface area contributed by atoms with Crippen LogP contribution in [0.15, 0.2) is 182 Å². The van der Waals surface area contributed by atoms with Crippen LogP contribution >= 0.6 is 0 Å². The van der Waals surface area contributed by atoms with E-state index in [1.165, 1.54) is 94.8 Å².